The predicted octanol–water partition coefficient (Wildman–Crippen LogP) is 6.14. The van der Waals surface area contributed by atoms with Gasteiger partial charge in [0.1, 0.15) is 5.82 Å². The highest BCUT2D eigenvalue weighted by molar-refractivity contribution is 6.30. The number of hydrogen-bond acceptors (Lipinski definition) is 4. The summed E-state index contributed by atoms with van der Waals surface area (Å²) in [7, 11) is 3.74. The summed E-state index contributed by atoms with van der Waals surface area (Å²) in [6.07, 6.45) is 12.0. The smallest absolute Gasteiger partial charge is 0.147 e. The Hall–Kier alpha value is -0.720. The van der Waals surface area contributed by atoms with Gasteiger partial charge in [0.25, 0.3) is 0 Å². The first-order valence-corrected chi connectivity index (χ1v) is 13.9. The Morgan fingerprint density at radius 3 is 2.68 bits per heavy atom. The average Bonchev–Trinajstić information content (AvgIpc) is 2.87. The summed E-state index contributed by atoms with van der Waals surface area (Å²) in [6, 6.07) is 5.85. The van der Waals surface area contributed by atoms with Crippen molar-refractivity contribution in [2.24, 2.45) is 11.8 Å². The summed E-state index contributed by atoms with van der Waals surface area (Å²) in [4.78, 5) is 2.59. The normalized spacial score (nSPS) is 24.0. The van der Waals surface area contributed by atoms with Crippen LogP contribution in [0.1, 0.15) is 83.1 Å². The number of unbranched alkanes of at least 4 members (excludes halogenated alkanes) is 1. The van der Waals surface area contributed by atoms with Crippen LogP contribution in [0.5, 0.6) is 0 Å². The molecule has 4 atom stereocenters. The number of rotatable bonds is 12. The third kappa shape index (κ3) is 6.94. The maximum Gasteiger partial charge on any atom is 0.147 e. The first-order chi connectivity index (χ1) is 16.4. The number of likely N-dealkylation sites (tertiary alicyclic amines) is 1. The van der Waals surface area contributed by atoms with Gasteiger partial charge in [-0.2, -0.15) is 0 Å². The molecule has 1 saturated heterocycles. The number of nitrogens with zero attached hydrogens (tertiary/aromatic N) is 1. The lowest BCUT2D eigenvalue weighted by Crippen LogP contribution is -2.55. The van der Waals surface area contributed by atoms with Crippen LogP contribution in [0.2, 0.25) is 5.02 Å². The Morgan fingerprint density at radius 1 is 1.21 bits per heavy atom. The molecule has 0 spiro atoms. The molecule has 2 aliphatic rings. The molecule has 0 bridgehead atoms. The van der Waals surface area contributed by atoms with Gasteiger partial charge in [0.15, 0.2) is 0 Å². The lowest BCUT2D eigenvalue weighted by molar-refractivity contribution is -0.0731. The van der Waals surface area contributed by atoms with E-state index in [-0.39, 0.29) is 10.9 Å². The maximum absolute atomic E-state index is 15.2. The maximum atomic E-state index is 15.2. The zero-order chi connectivity index (χ0) is 24.6. The number of halogens is 2. The van der Waals surface area contributed by atoms with Gasteiger partial charge < -0.3 is 15.2 Å². The molecule has 1 aromatic carbocycles. The van der Waals surface area contributed by atoms with Crippen LogP contribution in [-0.2, 0) is 10.3 Å². The molecule has 0 aromatic heterocycles. The minimum absolute atomic E-state index is 0.0327. The van der Waals surface area contributed by atoms with Gasteiger partial charge in [0.2, 0.25) is 0 Å². The summed E-state index contributed by atoms with van der Waals surface area (Å²) in [6.45, 7) is 4.76. The fraction of sp³-hybridized carbons (Fsp3) is 0.786. The molecule has 1 aromatic rings. The lowest BCUT2D eigenvalue weighted by atomic mass is 9.73. The molecule has 0 amide bonds. The van der Waals surface area contributed by atoms with Crippen molar-refractivity contribution < 1.29 is 14.2 Å². The standard InChI is InChI=1S/C28H46ClFN2O2/c1-21(31-2)26(19-22-11-5-4-6-12-22)32-17-10-13-23(20-32)28(33,16-7-8-18-34-3)24-14-9-15-25(29)27(24)30/h9,14-15,21-23,26,31,33H,4-8,10-13,16-20H2,1-3H3/t21-,23-,26+,28+/m1/s1. The third-order valence-electron chi connectivity index (χ3n) is 8.50. The van der Waals surface area contributed by atoms with Crippen molar-refractivity contribution in [2.45, 2.75) is 95.2 Å². The van der Waals surface area contributed by atoms with Crippen molar-refractivity contribution in [2.75, 3.05) is 33.9 Å². The number of likely N-dealkylation sites (N-methyl/N-ethyl adjacent to an activating group) is 1. The van der Waals surface area contributed by atoms with Gasteiger partial charge in [-0.3, -0.25) is 4.90 Å². The first kappa shape index (κ1) is 27.9. The number of ether oxygens (including phenoxy) is 1. The van der Waals surface area contributed by atoms with Crippen LogP contribution >= 0.6 is 11.6 Å². The Bertz CT molecular complexity index is 745. The first-order valence-electron chi connectivity index (χ1n) is 13.5. The lowest BCUT2D eigenvalue weighted by Gasteiger charge is -2.47. The molecule has 6 heteroatoms. The predicted molar refractivity (Wildman–Crippen MR) is 139 cm³/mol. The number of hydrogen-bond donors (Lipinski definition) is 2. The Kier molecular flexibility index (Phi) is 11.1. The largest absolute Gasteiger partial charge is 0.385 e. The number of benzene rings is 1. The molecule has 0 radical (unpaired) electrons. The van der Waals surface area contributed by atoms with Crippen molar-refractivity contribution in [3.05, 3.63) is 34.6 Å². The van der Waals surface area contributed by atoms with E-state index in [1.165, 1.54) is 38.5 Å². The average molecular weight is 497 g/mol. The van der Waals surface area contributed by atoms with Crippen LogP contribution in [0, 0.1) is 17.7 Å². The number of methoxy groups -OCH3 is 1. The molecule has 2 N–H and O–H groups in total. The molecule has 1 aliphatic heterocycles. The summed E-state index contributed by atoms with van der Waals surface area (Å²) in [5.41, 5.74) is -0.880. The van der Waals surface area contributed by atoms with Crippen LogP contribution in [0.25, 0.3) is 0 Å². The Labute approximate surface area is 211 Å². The summed E-state index contributed by atoms with van der Waals surface area (Å²) in [5, 5.41) is 15.7. The van der Waals surface area contributed by atoms with E-state index < -0.39 is 11.4 Å². The molecule has 34 heavy (non-hydrogen) atoms. The van der Waals surface area contributed by atoms with Gasteiger partial charge in [-0.05, 0) is 71.0 Å². The van der Waals surface area contributed by atoms with Gasteiger partial charge in [0, 0.05) is 43.8 Å². The van der Waals surface area contributed by atoms with Crippen LogP contribution in [0.3, 0.4) is 0 Å². The highest BCUT2D eigenvalue weighted by Gasteiger charge is 2.43. The highest BCUT2D eigenvalue weighted by atomic mass is 35.5. The Balaban J connectivity index is 1.83. The minimum Gasteiger partial charge on any atom is -0.385 e. The van der Waals surface area contributed by atoms with Crippen molar-refractivity contribution in [3.8, 4) is 0 Å². The van der Waals surface area contributed by atoms with Gasteiger partial charge >= 0.3 is 0 Å². The molecule has 1 saturated carbocycles. The second-order valence-corrected chi connectivity index (χ2v) is 11.1. The van der Waals surface area contributed by atoms with Crippen LogP contribution in [0.4, 0.5) is 4.39 Å². The molecule has 4 nitrogen and oxygen atoms in total. The number of aliphatic hydroxyl groups is 1. The highest BCUT2D eigenvalue weighted by Crippen LogP contribution is 2.43. The van der Waals surface area contributed by atoms with Crippen molar-refractivity contribution >= 4 is 11.6 Å². The topological polar surface area (TPSA) is 44.7 Å². The van der Waals surface area contributed by atoms with Crippen molar-refractivity contribution in [3.63, 3.8) is 0 Å². The van der Waals surface area contributed by atoms with E-state index in [4.69, 9.17) is 16.3 Å². The second kappa shape index (κ2) is 13.5. The van der Waals surface area contributed by atoms with Gasteiger partial charge in [-0.1, -0.05) is 55.8 Å². The quantitative estimate of drug-likeness (QED) is 0.341. The fourth-order valence-electron chi connectivity index (χ4n) is 6.36. The van der Waals surface area contributed by atoms with E-state index in [2.05, 4.69) is 17.1 Å². The Morgan fingerprint density at radius 2 is 1.97 bits per heavy atom. The zero-order valence-corrected chi connectivity index (χ0v) is 22.3. The molecular weight excluding hydrogens is 451 g/mol. The van der Waals surface area contributed by atoms with E-state index in [9.17, 15) is 5.11 Å². The monoisotopic (exact) mass is 496 g/mol. The molecule has 2 fully saturated rings. The fourth-order valence-corrected chi connectivity index (χ4v) is 6.54. The van der Waals surface area contributed by atoms with Gasteiger partial charge in [0.05, 0.1) is 10.6 Å². The molecule has 194 valence electrons. The van der Waals surface area contributed by atoms with Gasteiger partial charge in [-0.15, -0.1) is 0 Å². The SMILES string of the molecule is CN[C@H](C)[C@H](CC1CCCCC1)N1CCC[C@@H]([C@@](O)(CCCCOC)c2cccc(Cl)c2F)C1. The molecule has 1 aliphatic carbocycles. The minimum atomic E-state index is -1.24. The van der Waals surface area contributed by atoms with E-state index >= 15 is 4.39 Å². The molecular formula is C28H46ClFN2O2. The summed E-state index contributed by atoms with van der Waals surface area (Å²) in [5.74, 6) is 0.279. The zero-order valence-electron chi connectivity index (χ0n) is 21.5. The van der Waals surface area contributed by atoms with E-state index in [0.717, 1.165) is 44.7 Å². The third-order valence-corrected chi connectivity index (χ3v) is 8.80. The van der Waals surface area contributed by atoms with E-state index in [1.54, 1.807) is 25.3 Å². The van der Waals surface area contributed by atoms with Crippen molar-refractivity contribution in [1.29, 1.82) is 0 Å². The molecule has 0 unspecified atom stereocenters. The number of nitrogens with one attached hydrogen (secondary N) is 1. The second-order valence-electron chi connectivity index (χ2n) is 10.7. The van der Waals surface area contributed by atoms with E-state index in [0.29, 0.717) is 30.7 Å². The van der Waals surface area contributed by atoms with Gasteiger partial charge in [-0.25, -0.2) is 4.39 Å². The molecule has 3 rings (SSSR count). The van der Waals surface area contributed by atoms with Crippen LogP contribution in [-0.4, -0.2) is 55.9 Å². The van der Waals surface area contributed by atoms with Crippen molar-refractivity contribution in [1.82, 2.24) is 10.2 Å². The van der Waals surface area contributed by atoms with Crippen LogP contribution in [0.15, 0.2) is 18.2 Å². The summed E-state index contributed by atoms with van der Waals surface area (Å²) < 4.78 is 20.5. The molecule has 1 heterocycles. The van der Waals surface area contributed by atoms with Crippen LogP contribution < -0.4 is 5.32 Å². The summed E-state index contributed by atoms with van der Waals surface area (Å²) >= 11 is 6.17. The van der Waals surface area contributed by atoms with E-state index in [1.807, 2.05) is 7.05 Å². The number of piperidine rings is 1.